The average molecular weight is 386 g/mol. The minimum Gasteiger partial charge on any atom is -0.337 e. The van der Waals surface area contributed by atoms with Crippen molar-refractivity contribution in [3.8, 4) is 0 Å². The molecule has 0 bridgehead atoms. The lowest BCUT2D eigenvalue weighted by Gasteiger charge is -2.37. The molecular formula is C23H22N4O2. The molecule has 3 aromatic rings. The fourth-order valence-corrected chi connectivity index (χ4v) is 4.52. The topological polar surface area (TPSA) is 58.4 Å². The molecule has 1 aromatic carbocycles. The highest BCUT2D eigenvalue weighted by molar-refractivity contribution is 5.97. The first-order chi connectivity index (χ1) is 14.1. The lowest BCUT2D eigenvalue weighted by Crippen LogP contribution is -2.50. The van der Waals surface area contributed by atoms with Crippen molar-refractivity contribution in [1.29, 1.82) is 0 Å². The van der Waals surface area contributed by atoms with E-state index in [1.165, 1.54) is 0 Å². The fraction of sp³-hybridized carbons (Fsp3) is 0.261. The second-order valence-corrected chi connectivity index (χ2v) is 7.71. The van der Waals surface area contributed by atoms with Crippen LogP contribution in [0, 0.1) is 6.92 Å². The summed E-state index contributed by atoms with van der Waals surface area (Å²) in [7, 11) is 0. The highest BCUT2D eigenvalue weighted by Gasteiger charge is 2.46. The van der Waals surface area contributed by atoms with Gasteiger partial charge in [-0.25, -0.2) is 0 Å². The van der Waals surface area contributed by atoms with Gasteiger partial charge >= 0.3 is 0 Å². The lowest BCUT2D eigenvalue weighted by atomic mass is 10.1. The molecular weight excluding hydrogens is 364 g/mol. The minimum atomic E-state index is -0.0719. The van der Waals surface area contributed by atoms with Gasteiger partial charge < -0.3 is 14.4 Å². The van der Waals surface area contributed by atoms with Gasteiger partial charge in [0.15, 0.2) is 0 Å². The van der Waals surface area contributed by atoms with Crippen LogP contribution in [0.3, 0.4) is 0 Å². The lowest BCUT2D eigenvalue weighted by molar-refractivity contribution is 0.0547. The zero-order chi connectivity index (χ0) is 20.0. The third-order valence-corrected chi connectivity index (χ3v) is 6.00. The Morgan fingerprint density at radius 3 is 2.62 bits per heavy atom. The summed E-state index contributed by atoms with van der Waals surface area (Å²) in [5, 5.41) is 0. The van der Waals surface area contributed by atoms with Crippen LogP contribution in [0.25, 0.3) is 0 Å². The maximum Gasteiger partial charge on any atom is 0.271 e. The number of rotatable bonds is 3. The van der Waals surface area contributed by atoms with Crippen LogP contribution < -0.4 is 0 Å². The van der Waals surface area contributed by atoms with Crippen molar-refractivity contribution < 1.29 is 9.59 Å². The average Bonchev–Trinajstić information content (AvgIpc) is 3.39. The molecule has 146 valence electrons. The van der Waals surface area contributed by atoms with Crippen molar-refractivity contribution in [3.63, 3.8) is 0 Å². The van der Waals surface area contributed by atoms with Crippen LogP contribution in [-0.4, -0.2) is 50.3 Å². The first-order valence-electron chi connectivity index (χ1n) is 9.86. The molecule has 29 heavy (non-hydrogen) atoms. The summed E-state index contributed by atoms with van der Waals surface area (Å²) in [5.41, 5.74) is 3.22. The molecule has 5 rings (SSSR count). The zero-order valence-corrected chi connectivity index (χ0v) is 16.2. The largest absolute Gasteiger partial charge is 0.337 e. The second-order valence-electron chi connectivity index (χ2n) is 7.71. The van der Waals surface area contributed by atoms with E-state index in [0.29, 0.717) is 25.3 Å². The van der Waals surface area contributed by atoms with Crippen LogP contribution in [0.4, 0.5) is 0 Å². The van der Waals surface area contributed by atoms with E-state index in [2.05, 4.69) is 4.98 Å². The van der Waals surface area contributed by atoms with Crippen LogP contribution in [0.2, 0.25) is 0 Å². The molecule has 0 saturated carbocycles. The number of carbonyl (C=O) groups excluding carboxylic acids is 2. The van der Waals surface area contributed by atoms with Crippen LogP contribution in [0.1, 0.15) is 38.1 Å². The SMILES string of the molecule is Cc1ccccc1C(=O)N1C[C@H]2[C@H](C1)n1cccc1C(=O)N2Cc1ccccn1. The molecule has 2 aliphatic heterocycles. The van der Waals surface area contributed by atoms with Gasteiger partial charge in [-0.2, -0.15) is 0 Å². The van der Waals surface area contributed by atoms with Gasteiger partial charge in [0.25, 0.3) is 11.8 Å². The molecule has 0 N–H and O–H groups in total. The van der Waals surface area contributed by atoms with Gasteiger partial charge in [0.1, 0.15) is 5.69 Å². The summed E-state index contributed by atoms with van der Waals surface area (Å²) in [5.74, 6) is 0.0172. The quantitative estimate of drug-likeness (QED) is 0.695. The predicted molar refractivity (Wildman–Crippen MR) is 108 cm³/mol. The molecule has 4 heterocycles. The number of fused-ring (bicyclic) bond motifs is 3. The third-order valence-electron chi connectivity index (χ3n) is 6.00. The maximum absolute atomic E-state index is 13.2. The van der Waals surface area contributed by atoms with Crippen molar-refractivity contribution in [3.05, 3.63) is 89.5 Å². The molecule has 6 heteroatoms. The highest BCUT2D eigenvalue weighted by Crippen LogP contribution is 2.35. The molecule has 1 fully saturated rings. The van der Waals surface area contributed by atoms with Crippen molar-refractivity contribution in [1.82, 2.24) is 19.4 Å². The van der Waals surface area contributed by atoms with Gasteiger partial charge in [-0.05, 0) is 42.8 Å². The molecule has 0 unspecified atom stereocenters. The number of amides is 2. The van der Waals surface area contributed by atoms with Crippen molar-refractivity contribution in [2.75, 3.05) is 13.1 Å². The molecule has 0 radical (unpaired) electrons. The van der Waals surface area contributed by atoms with Crippen molar-refractivity contribution in [2.24, 2.45) is 0 Å². The first kappa shape index (κ1) is 17.7. The van der Waals surface area contributed by atoms with E-state index in [1.54, 1.807) is 6.20 Å². The normalized spacial score (nSPS) is 20.5. The van der Waals surface area contributed by atoms with Crippen LogP contribution in [0.15, 0.2) is 67.0 Å². The van der Waals surface area contributed by atoms with E-state index in [4.69, 9.17) is 0 Å². The Balaban J connectivity index is 1.48. The Kier molecular flexibility index (Phi) is 4.19. The van der Waals surface area contributed by atoms with Crippen LogP contribution >= 0.6 is 0 Å². The van der Waals surface area contributed by atoms with Gasteiger partial charge in [0, 0.05) is 31.0 Å². The second kappa shape index (κ2) is 6.88. The number of pyridine rings is 1. The van der Waals surface area contributed by atoms with Crippen LogP contribution in [0.5, 0.6) is 0 Å². The van der Waals surface area contributed by atoms with Crippen molar-refractivity contribution in [2.45, 2.75) is 25.6 Å². The minimum absolute atomic E-state index is 0.00732. The van der Waals surface area contributed by atoms with Crippen LogP contribution in [-0.2, 0) is 6.54 Å². The fourth-order valence-electron chi connectivity index (χ4n) is 4.52. The molecule has 2 atom stereocenters. The van der Waals surface area contributed by atoms with E-state index >= 15 is 0 Å². The number of aryl methyl sites for hydroxylation is 1. The van der Waals surface area contributed by atoms with Gasteiger partial charge in [-0.1, -0.05) is 24.3 Å². The highest BCUT2D eigenvalue weighted by atomic mass is 16.2. The molecule has 6 nitrogen and oxygen atoms in total. The molecule has 0 aliphatic carbocycles. The first-order valence-corrected chi connectivity index (χ1v) is 9.86. The van der Waals surface area contributed by atoms with E-state index in [1.807, 2.05) is 82.1 Å². The van der Waals surface area contributed by atoms with Gasteiger partial charge in [0.2, 0.25) is 0 Å². The standard InChI is InChI=1S/C23H22N4O2/c1-16-7-2-3-9-18(16)22(28)25-14-20-21(15-25)27(13-17-8-4-5-11-24-17)23(29)19-10-6-12-26(19)20/h2-12,20-21H,13-15H2,1H3/t20-,21-/m0/s1. The zero-order valence-electron chi connectivity index (χ0n) is 16.2. The summed E-state index contributed by atoms with van der Waals surface area (Å²) >= 11 is 0. The third kappa shape index (κ3) is 2.92. The summed E-state index contributed by atoms with van der Waals surface area (Å²) in [6.45, 7) is 3.51. The van der Waals surface area contributed by atoms with Crippen molar-refractivity contribution >= 4 is 11.8 Å². The molecule has 2 aliphatic rings. The van der Waals surface area contributed by atoms with E-state index < -0.39 is 0 Å². The number of carbonyl (C=O) groups is 2. The number of nitrogens with zero attached hydrogens (tertiary/aromatic N) is 4. The van der Waals surface area contributed by atoms with Gasteiger partial charge in [-0.15, -0.1) is 0 Å². The van der Waals surface area contributed by atoms with E-state index in [-0.39, 0.29) is 23.9 Å². The Morgan fingerprint density at radius 2 is 1.83 bits per heavy atom. The Labute approximate surface area is 169 Å². The monoisotopic (exact) mass is 386 g/mol. The van der Waals surface area contributed by atoms with E-state index in [9.17, 15) is 9.59 Å². The smallest absolute Gasteiger partial charge is 0.271 e. The molecule has 0 spiro atoms. The summed E-state index contributed by atoms with van der Waals surface area (Å²) < 4.78 is 2.03. The number of hydrogen-bond donors (Lipinski definition) is 0. The van der Waals surface area contributed by atoms with Gasteiger partial charge in [-0.3, -0.25) is 14.6 Å². The number of benzene rings is 1. The Bertz CT molecular complexity index is 1080. The number of aromatic nitrogens is 2. The summed E-state index contributed by atoms with van der Waals surface area (Å²) in [6, 6.07) is 17.1. The summed E-state index contributed by atoms with van der Waals surface area (Å²) in [6.07, 6.45) is 3.69. The number of hydrogen-bond acceptors (Lipinski definition) is 3. The predicted octanol–water partition coefficient (Wildman–Crippen LogP) is 2.91. The number of likely N-dealkylation sites (tertiary alicyclic amines) is 1. The Morgan fingerprint density at radius 1 is 1.03 bits per heavy atom. The molecule has 2 amide bonds. The maximum atomic E-state index is 13.2. The van der Waals surface area contributed by atoms with Gasteiger partial charge in [0.05, 0.1) is 24.3 Å². The Hall–Kier alpha value is -3.41. The molecule has 2 aromatic heterocycles. The summed E-state index contributed by atoms with van der Waals surface area (Å²) in [4.78, 5) is 34.6. The van der Waals surface area contributed by atoms with E-state index in [0.717, 1.165) is 16.8 Å². The molecule has 1 saturated heterocycles.